The van der Waals surface area contributed by atoms with Gasteiger partial charge in [0.25, 0.3) is 0 Å². The predicted molar refractivity (Wildman–Crippen MR) is 73.7 cm³/mol. The number of hydrogen-bond acceptors (Lipinski definition) is 4. The van der Waals surface area contributed by atoms with Crippen molar-refractivity contribution in [3.63, 3.8) is 0 Å². The molecule has 0 atom stereocenters. The molecule has 0 heterocycles. The largest absolute Gasteiger partial charge is 0.508 e. The van der Waals surface area contributed by atoms with Gasteiger partial charge in [0.05, 0.1) is 0 Å². The number of hydrogen-bond donors (Lipinski definition) is 1. The minimum Gasteiger partial charge on any atom is -0.508 e. The van der Waals surface area contributed by atoms with Crippen LogP contribution in [0, 0.1) is 12.3 Å². The third-order valence-electron chi connectivity index (χ3n) is 2.46. The maximum absolute atomic E-state index is 11.8. The molecule has 4 heteroatoms. The van der Waals surface area contributed by atoms with Gasteiger partial charge in [-0.2, -0.15) is 0 Å². The SMILES string of the molecule is C#CCOC(=O)c1ccccc1Oc1ccc(O)cc1. The molecule has 20 heavy (non-hydrogen) atoms. The van der Waals surface area contributed by atoms with E-state index in [0.717, 1.165) is 0 Å². The highest BCUT2D eigenvalue weighted by Gasteiger charge is 2.13. The molecule has 0 unspecified atom stereocenters. The Morgan fingerprint density at radius 2 is 1.85 bits per heavy atom. The molecule has 0 spiro atoms. The van der Waals surface area contributed by atoms with E-state index in [-0.39, 0.29) is 17.9 Å². The lowest BCUT2D eigenvalue weighted by Crippen LogP contribution is -2.06. The number of carbonyl (C=O) groups is 1. The van der Waals surface area contributed by atoms with Crippen molar-refractivity contribution in [2.75, 3.05) is 6.61 Å². The fraction of sp³-hybridized carbons (Fsp3) is 0.0625. The topological polar surface area (TPSA) is 55.8 Å². The van der Waals surface area contributed by atoms with Gasteiger partial charge >= 0.3 is 5.97 Å². The summed E-state index contributed by atoms with van der Waals surface area (Å²) < 4.78 is 10.5. The molecule has 0 amide bonds. The zero-order chi connectivity index (χ0) is 14.4. The minimum atomic E-state index is -0.544. The fourth-order valence-electron chi connectivity index (χ4n) is 1.55. The lowest BCUT2D eigenvalue weighted by Gasteiger charge is -2.10. The number of rotatable bonds is 4. The van der Waals surface area contributed by atoms with E-state index in [2.05, 4.69) is 5.92 Å². The molecular formula is C16H12O4. The number of carbonyl (C=O) groups excluding carboxylic acids is 1. The van der Waals surface area contributed by atoms with E-state index in [4.69, 9.17) is 15.9 Å². The van der Waals surface area contributed by atoms with Gasteiger partial charge in [0, 0.05) is 0 Å². The summed E-state index contributed by atoms with van der Waals surface area (Å²) >= 11 is 0. The van der Waals surface area contributed by atoms with Gasteiger partial charge < -0.3 is 14.6 Å². The number of ether oxygens (including phenoxy) is 2. The van der Waals surface area contributed by atoms with E-state index in [0.29, 0.717) is 11.5 Å². The van der Waals surface area contributed by atoms with Crippen molar-refractivity contribution in [3.05, 3.63) is 54.1 Å². The van der Waals surface area contributed by atoms with Crippen LogP contribution in [-0.2, 0) is 4.74 Å². The second-order valence-electron chi connectivity index (χ2n) is 3.87. The van der Waals surface area contributed by atoms with Gasteiger partial charge in [-0.05, 0) is 36.4 Å². The summed E-state index contributed by atoms with van der Waals surface area (Å²) in [6, 6.07) is 12.9. The van der Waals surface area contributed by atoms with Gasteiger partial charge in [-0.3, -0.25) is 0 Å². The van der Waals surface area contributed by atoms with E-state index < -0.39 is 5.97 Å². The molecule has 2 aromatic rings. The predicted octanol–water partition coefficient (Wildman–Crippen LogP) is 2.97. The molecule has 100 valence electrons. The summed E-state index contributed by atoms with van der Waals surface area (Å²) in [5.41, 5.74) is 0.288. The Balaban J connectivity index is 2.21. The average Bonchev–Trinajstić information content (AvgIpc) is 2.48. The fourth-order valence-corrected chi connectivity index (χ4v) is 1.55. The highest BCUT2D eigenvalue weighted by molar-refractivity contribution is 5.92. The molecule has 0 aliphatic carbocycles. The van der Waals surface area contributed by atoms with Crippen LogP contribution in [0.2, 0.25) is 0 Å². The molecule has 0 saturated carbocycles. The third kappa shape index (κ3) is 3.30. The third-order valence-corrected chi connectivity index (χ3v) is 2.46. The first-order valence-electron chi connectivity index (χ1n) is 5.87. The van der Waals surface area contributed by atoms with Crippen molar-refractivity contribution in [3.8, 4) is 29.6 Å². The van der Waals surface area contributed by atoms with Gasteiger partial charge in [0.15, 0.2) is 6.61 Å². The molecule has 0 fully saturated rings. The van der Waals surface area contributed by atoms with Crippen molar-refractivity contribution in [2.45, 2.75) is 0 Å². The highest BCUT2D eigenvalue weighted by Crippen LogP contribution is 2.26. The van der Waals surface area contributed by atoms with Crippen molar-refractivity contribution < 1.29 is 19.4 Å². The second kappa shape index (κ2) is 6.30. The van der Waals surface area contributed by atoms with Crippen LogP contribution in [0.25, 0.3) is 0 Å². The smallest absolute Gasteiger partial charge is 0.342 e. The second-order valence-corrected chi connectivity index (χ2v) is 3.87. The van der Waals surface area contributed by atoms with E-state index >= 15 is 0 Å². The summed E-state index contributed by atoms with van der Waals surface area (Å²) in [5.74, 6) is 2.69. The monoisotopic (exact) mass is 268 g/mol. The zero-order valence-corrected chi connectivity index (χ0v) is 10.6. The van der Waals surface area contributed by atoms with Crippen molar-refractivity contribution in [1.82, 2.24) is 0 Å². The Bertz CT molecular complexity index is 638. The van der Waals surface area contributed by atoms with Crippen LogP contribution in [0.15, 0.2) is 48.5 Å². The van der Waals surface area contributed by atoms with E-state index in [1.165, 1.54) is 12.1 Å². The van der Waals surface area contributed by atoms with Crippen molar-refractivity contribution in [1.29, 1.82) is 0 Å². The van der Waals surface area contributed by atoms with Crippen LogP contribution in [0.3, 0.4) is 0 Å². The van der Waals surface area contributed by atoms with Gasteiger partial charge in [0.1, 0.15) is 22.8 Å². The zero-order valence-electron chi connectivity index (χ0n) is 10.6. The summed E-state index contributed by atoms with van der Waals surface area (Å²) in [4.78, 5) is 11.8. The Hall–Kier alpha value is -2.93. The molecule has 4 nitrogen and oxygen atoms in total. The quantitative estimate of drug-likeness (QED) is 0.684. The first-order valence-corrected chi connectivity index (χ1v) is 5.87. The molecule has 0 aliphatic rings. The minimum absolute atomic E-state index is 0.0909. The van der Waals surface area contributed by atoms with Crippen LogP contribution < -0.4 is 4.74 Å². The van der Waals surface area contributed by atoms with Crippen molar-refractivity contribution in [2.24, 2.45) is 0 Å². The van der Waals surface area contributed by atoms with Crippen LogP contribution in [0.1, 0.15) is 10.4 Å². The van der Waals surface area contributed by atoms with E-state index in [1.54, 1.807) is 36.4 Å². The lowest BCUT2D eigenvalue weighted by atomic mass is 10.2. The molecule has 0 aromatic heterocycles. The molecule has 1 N–H and O–H groups in total. The Kier molecular flexibility index (Phi) is 4.25. The number of phenols is 1. The highest BCUT2D eigenvalue weighted by atomic mass is 16.5. The number of terminal acetylenes is 1. The molecule has 2 rings (SSSR count). The van der Waals surface area contributed by atoms with Crippen LogP contribution in [0.5, 0.6) is 17.2 Å². The molecule has 0 bridgehead atoms. The number of esters is 1. The molecule has 0 radical (unpaired) electrons. The molecular weight excluding hydrogens is 256 g/mol. The van der Waals surface area contributed by atoms with Gasteiger partial charge in [-0.15, -0.1) is 6.42 Å². The van der Waals surface area contributed by atoms with Crippen molar-refractivity contribution >= 4 is 5.97 Å². The van der Waals surface area contributed by atoms with Gasteiger partial charge in [0.2, 0.25) is 0 Å². The number of benzene rings is 2. The molecule has 0 aliphatic heterocycles. The Morgan fingerprint density at radius 1 is 1.15 bits per heavy atom. The summed E-state index contributed by atoms with van der Waals surface area (Å²) in [5, 5.41) is 9.21. The summed E-state index contributed by atoms with van der Waals surface area (Å²) in [6.07, 6.45) is 5.05. The molecule has 2 aromatic carbocycles. The summed E-state index contributed by atoms with van der Waals surface area (Å²) in [6.45, 7) is -0.0909. The van der Waals surface area contributed by atoms with E-state index in [9.17, 15) is 9.90 Å². The van der Waals surface area contributed by atoms with Crippen LogP contribution in [0.4, 0.5) is 0 Å². The van der Waals surface area contributed by atoms with E-state index in [1.807, 2.05) is 0 Å². The van der Waals surface area contributed by atoms with Gasteiger partial charge in [-0.25, -0.2) is 4.79 Å². The first kappa shape index (κ1) is 13.5. The van der Waals surface area contributed by atoms with Crippen LogP contribution in [-0.4, -0.2) is 17.7 Å². The summed E-state index contributed by atoms with van der Waals surface area (Å²) in [7, 11) is 0. The number of phenolic OH excluding ortho intramolecular Hbond substituents is 1. The maximum atomic E-state index is 11.8. The first-order chi connectivity index (χ1) is 9.70. The van der Waals surface area contributed by atoms with Crippen LogP contribution >= 0.6 is 0 Å². The Morgan fingerprint density at radius 3 is 2.55 bits per heavy atom. The van der Waals surface area contributed by atoms with Gasteiger partial charge in [-0.1, -0.05) is 18.1 Å². The normalized spacial score (nSPS) is 9.55. The standard InChI is InChI=1S/C16H12O4/c1-2-11-19-16(18)14-5-3-4-6-15(14)20-13-9-7-12(17)8-10-13/h1,3-10,17H,11H2. The number of para-hydroxylation sites is 1. The maximum Gasteiger partial charge on any atom is 0.342 e. The average molecular weight is 268 g/mol. The molecule has 0 saturated heterocycles. The Labute approximate surface area is 116 Å². The number of aromatic hydroxyl groups is 1. The lowest BCUT2D eigenvalue weighted by molar-refractivity contribution is 0.0554.